The minimum Gasteiger partial charge on any atom is -0.339 e. The number of fused-ring (bicyclic) bond motifs is 4. The van der Waals surface area contributed by atoms with Gasteiger partial charge in [0.2, 0.25) is 0 Å². The van der Waals surface area contributed by atoms with E-state index in [0.717, 1.165) is 16.7 Å². The quantitative estimate of drug-likeness (QED) is 0.484. The number of pyridine rings is 1. The second-order valence-corrected chi connectivity index (χ2v) is 4.75. The Morgan fingerprint density at radius 3 is 2.78 bits per heavy atom. The first-order valence-electron chi connectivity index (χ1n) is 6.09. The third-order valence-electron chi connectivity index (χ3n) is 3.44. The highest BCUT2D eigenvalue weighted by atomic mass is 14.9. The van der Waals surface area contributed by atoms with E-state index in [1.807, 2.05) is 6.07 Å². The minimum atomic E-state index is 0.967. The Hall–Kier alpha value is -2.35. The summed E-state index contributed by atoms with van der Waals surface area (Å²) in [7, 11) is 0. The largest absolute Gasteiger partial charge is 0.339 e. The fourth-order valence-electron chi connectivity index (χ4n) is 2.53. The Kier molecular flexibility index (Phi) is 1.78. The number of aromatic amines is 1. The van der Waals surface area contributed by atoms with Crippen molar-refractivity contribution in [3.05, 3.63) is 54.1 Å². The van der Waals surface area contributed by atoms with Crippen molar-refractivity contribution in [3.8, 4) is 0 Å². The maximum absolute atomic E-state index is 4.72. The SMILES string of the molecule is Cc1ccc2cc3c(nc2c1)[nH]c1ccccc13. The number of nitrogens with zero attached hydrogens (tertiary/aromatic N) is 1. The van der Waals surface area contributed by atoms with E-state index in [-0.39, 0.29) is 0 Å². The van der Waals surface area contributed by atoms with E-state index in [1.165, 1.54) is 21.7 Å². The number of H-pyrrole nitrogens is 1. The van der Waals surface area contributed by atoms with Crippen molar-refractivity contribution >= 4 is 32.8 Å². The summed E-state index contributed by atoms with van der Waals surface area (Å²) in [6, 6.07) is 16.9. The van der Waals surface area contributed by atoms with Gasteiger partial charge in [-0.2, -0.15) is 0 Å². The van der Waals surface area contributed by atoms with E-state index in [0.29, 0.717) is 0 Å². The van der Waals surface area contributed by atoms with E-state index >= 15 is 0 Å². The molecule has 0 unspecified atom stereocenters. The summed E-state index contributed by atoms with van der Waals surface area (Å²) in [5.74, 6) is 0. The zero-order valence-electron chi connectivity index (χ0n) is 10.1. The van der Waals surface area contributed by atoms with Gasteiger partial charge in [-0.25, -0.2) is 4.98 Å². The molecule has 0 aliphatic carbocycles. The summed E-state index contributed by atoms with van der Waals surface area (Å²) in [6.45, 7) is 2.09. The maximum atomic E-state index is 4.72. The highest BCUT2D eigenvalue weighted by Gasteiger charge is 2.06. The molecular weight excluding hydrogens is 220 g/mol. The van der Waals surface area contributed by atoms with E-state index in [1.54, 1.807) is 0 Å². The number of benzene rings is 2. The van der Waals surface area contributed by atoms with E-state index < -0.39 is 0 Å². The Bertz CT molecular complexity index is 887. The van der Waals surface area contributed by atoms with Crippen molar-refractivity contribution < 1.29 is 0 Å². The normalized spacial score (nSPS) is 11.6. The molecule has 0 aliphatic rings. The van der Waals surface area contributed by atoms with Crippen molar-refractivity contribution in [1.82, 2.24) is 9.97 Å². The van der Waals surface area contributed by atoms with Crippen molar-refractivity contribution in [1.29, 1.82) is 0 Å². The van der Waals surface area contributed by atoms with Gasteiger partial charge >= 0.3 is 0 Å². The van der Waals surface area contributed by atoms with Gasteiger partial charge in [0.1, 0.15) is 5.65 Å². The second kappa shape index (κ2) is 3.33. The molecule has 0 saturated heterocycles. The minimum absolute atomic E-state index is 0.967. The second-order valence-electron chi connectivity index (χ2n) is 4.75. The van der Waals surface area contributed by atoms with Gasteiger partial charge in [-0.1, -0.05) is 30.3 Å². The molecule has 2 nitrogen and oxygen atoms in total. The van der Waals surface area contributed by atoms with Crippen molar-refractivity contribution in [2.24, 2.45) is 0 Å². The molecule has 2 aromatic heterocycles. The summed E-state index contributed by atoms with van der Waals surface area (Å²) in [6.07, 6.45) is 0. The van der Waals surface area contributed by atoms with E-state index in [9.17, 15) is 0 Å². The van der Waals surface area contributed by atoms with Gasteiger partial charge in [0.05, 0.1) is 5.52 Å². The van der Waals surface area contributed by atoms with Crippen LogP contribution in [0.4, 0.5) is 0 Å². The molecule has 0 atom stereocenters. The number of hydrogen-bond donors (Lipinski definition) is 1. The van der Waals surface area contributed by atoms with Gasteiger partial charge in [0, 0.05) is 21.7 Å². The van der Waals surface area contributed by atoms with Crippen LogP contribution in [-0.2, 0) is 0 Å². The Morgan fingerprint density at radius 2 is 1.83 bits per heavy atom. The zero-order valence-corrected chi connectivity index (χ0v) is 10.1. The maximum Gasteiger partial charge on any atom is 0.139 e. The Balaban J connectivity index is 2.23. The Labute approximate surface area is 104 Å². The van der Waals surface area contributed by atoms with Crippen LogP contribution >= 0.6 is 0 Å². The number of nitrogens with one attached hydrogen (secondary N) is 1. The van der Waals surface area contributed by atoms with Crippen LogP contribution in [0.15, 0.2) is 48.5 Å². The fourth-order valence-corrected chi connectivity index (χ4v) is 2.53. The average molecular weight is 232 g/mol. The average Bonchev–Trinajstić information content (AvgIpc) is 2.73. The number of hydrogen-bond acceptors (Lipinski definition) is 1. The Morgan fingerprint density at radius 1 is 0.944 bits per heavy atom. The van der Waals surface area contributed by atoms with Crippen LogP contribution in [0.25, 0.3) is 32.8 Å². The van der Waals surface area contributed by atoms with Crippen molar-refractivity contribution in [2.45, 2.75) is 6.92 Å². The lowest BCUT2D eigenvalue weighted by molar-refractivity contribution is 1.39. The van der Waals surface area contributed by atoms with Gasteiger partial charge in [-0.3, -0.25) is 0 Å². The van der Waals surface area contributed by atoms with Gasteiger partial charge < -0.3 is 4.98 Å². The predicted molar refractivity (Wildman–Crippen MR) is 75.8 cm³/mol. The van der Waals surface area contributed by atoms with Crippen molar-refractivity contribution in [2.75, 3.05) is 0 Å². The summed E-state index contributed by atoms with van der Waals surface area (Å²) < 4.78 is 0. The molecule has 1 N–H and O–H groups in total. The highest BCUT2D eigenvalue weighted by Crippen LogP contribution is 2.27. The molecule has 0 aliphatic heterocycles. The monoisotopic (exact) mass is 232 g/mol. The van der Waals surface area contributed by atoms with Gasteiger partial charge in [-0.15, -0.1) is 0 Å². The molecule has 2 heteroatoms. The fraction of sp³-hybridized carbons (Fsp3) is 0.0625. The lowest BCUT2D eigenvalue weighted by atomic mass is 10.1. The molecule has 4 rings (SSSR count). The molecule has 0 fully saturated rings. The van der Waals surface area contributed by atoms with Crippen LogP contribution in [0.3, 0.4) is 0 Å². The molecule has 0 radical (unpaired) electrons. The molecule has 4 aromatic rings. The van der Waals surface area contributed by atoms with Crippen LogP contribution in [0.1, 0.15) is 5.56 Å². The molecule has 2 heterocycles. The molecule has 0 spiro atoms. The lowest BCUT2D eigenvalue weighted by Crippen LogP contribution is -1.81. The first-order valence-corrected chi connectivity index (χ1v) is 6.09. The van der Waals surface area contributed by atoms with Crippen LogP contribution in [0.2, 0.25) is 0 Å². The molecule has 0 amide bonds. The first-order chi connectivity index (χ1) is 8.81. The standard InChI is InChI=1S/C16H12N2/c1-10-6-7-11-9-13-12-4-2-3-5-14(12)17-16(13)18-15(11)8-10/h2-9H,1H3,(H,17,18). The summed E-state index contributed by atoms with van der Waals surface area (Å²) >= 11 is 0. The van der Waals surface area contributed by atoms with Crippen molar-refractivity contribution in [3.63, 3.8) is 0 Å². The third kappa shape index (κ3) is 1.26. The highest BCUT2D eigenvalue weighted by molar-refractivity contribution is 6.09. The van der Waals surface area contributed by atoms with Crippen LogP contribution in [0, 0.1) is 6.92 Å². The van der Waals surface area contributed by atoms with E-state index in [2.05, 4.69) is 54.4 Å². The topological polar surface area (TPSA) is 28.7 Å². The van der Waals surface area contributed by atoms with Gasteiger partial charge in [0.25, 0.3) is 0 Å². The van der Waals surface area contributed by atoms with E-state index in [4.69, 9.17) is 4.98 Å². The molecule has 0 bridgehead atoms. The predicted octanol–water partition coefficient (Wildman–Crippen LogP) is 4.18. The smallest absolute Gasteiger partial charge is 0.139 e. The summed E-state index contributed by atoms with van der Waals surface area (Å²) in [4.78, 5) is 8.10. The number of aromatic nitrogens is 2. The molecule has 0 saturated carbocycles. The third-order valence-corrected chi connectivity index (χ3v) is 3.44. The first kappa shape index (κ1) is 9.66. The van der Waals surface area contributed by atoms with Crippen LogP contribution in [-0.4, -0.2) is 9.97 Å². The number of aryl methyl sites for hydroxylation is 1. The van der Waals surface area contributed by atoms with Gasteiger partial charge in [-0.05, 0) is 30.7 Å². The van der Waals surface area contributed by atoms with Crippen LogP contribution < -0.4 is 0 Å². The zero-order chi connectivity index (χ0) is 12.1. The molecule has 2 aromatic carbocycles. The summed E-state index contributed by atoms with van der Waals surface area (Å²) in [5.41, 5.74) is 4.40. The number of rotatable bonds is 0. The molecule has 86 valence electrons. The molecular formula is C16H12N2. The van der Waals surface area contributed by atoms with Crippen LogP contribution in [0.5, 0.6) is 0 Å². The number of para-hydroxylation sites is 1. The summed E-state index contributed by atoms with van der Waals surface area (Å²) in [5, 5.41) is 3.63. The molecule has 18 heavy (non-hydrogen) atoms. The van der Waals surface area contributed by atoms with Gasteiger partial charge in [0.15, 0.2) is 0 Å². The lowest BCUT2D eigenvalue weighted by Gasteiger charge is -1.99.